The van der Waals surface area contributed by atoms with Gasteiger partial charge in [0.2, 0.25) is 0 Å². The van der Waals surface area contributed by atoms with Crippen LogP contribution in [-0.2, 0) is 9.53 Å². The van der Waals surface area contributed by atoms with Gasteiger partial charge in [-0.15, -0.1) is 11.6 Å². The average molecular weight is 502 g/mol. The fourth-order valence-corrected chi connectivity index (χ4v) is 9.14. The molecule has 8 atom stereocenters. The van der Waals surface area contributed by atoms with E-state index in [1.165, 1.54) is 44.1 Å². The maximum Gasteiger partial charge on any atom is 0.155 e. The van der Waals surface area contributed by atoms with E-state index in [9.17, 15) is 4.79 Å². The van der Waals surface area contributed by atoms with E-state index in [2.05, 4.69) is 39.5 Å². The minimum absolute atomic E-state index is 0.0202. The highest BCUT2D eigenvalue weighted by molar-refractivity contribution is 6.18. The van der Waals surface area contributed by atoms with Gasteiger partial charge >= 0.3 is 0 Å². The molecular weight excluding hydrogens is 454 g/mol. The number of fused-ring (bicyclic) bond motifs is 3. The molecule has 0 aromatic carbocycles. The smallest absolute Gasteiger partial charge is 0.155 e. The molecule has 5 rings (SSSR count). The number of hydrogen-bond donors (Lipinski definition) is 0. The van der Waals surface area contributed by atoms with Crippen LogP contribution in [0.1, 0.15) is 98.8 Å². The molecule has 5 aliphatic rings. The third-order valence-corrected chi connectivity index (χ3v) is 11.3. The molecule has 0 amide bonds. The number of halogens is 1. The minimum Gasteiger partial charge on any atom is -0.369 e. The van der Waals surface area contributed by atoms with Crippen LogP contribution in [0, 0.1) is 29.1 Å². The molecule has 2 saturated heterocycles. The number of allylic oxidation sites excluding steroid dienone is 3. The Hall–Kier alpha value is -0.640. The van der Waals surface area contributed by atoms with Crippen molar-refractivity contribution in [3.63, 3.8) is 0 Å². The zero-order chi connectivity index (χ0) is 25.0. The first-order valence-electron chi connectivity index (χ1n) is 14.6. The lowest BCUT2D eigenvalue weighted by Crippen LogP contribution is -2.52. The van der Waals surface area contributed by atoms with E-state index in [1.807, 2.05) is 6.08 Å². The van der Waals surface area contributed by atoms with Gasteiger partial charge in [0.05, 0.1) is 11.7 Å². The molecule has 1 saturated carbocycles. The number of hydrogen-bond acceptors (Lipinski definition) is 3. The Morgan fingerprint density at radius 3 is 2.74 bits per heavy atom. The molecule has 3 nitrogen and oxygen atoms in total. The summed E-state index contributed by atoms with van der Waals surface area (Å²) in [7, 11) is 0. The molecule has 4 heteroatoms. The number of carbonyl (C=O) groups is 1. The Morgan fingerprint density at radius 1 is 1.17 bits per heavy atom. The van der Waals surface area contributed by atoms with Crippen LogP contribution in [0.2, 0.25) is 0 Å². The average Bonchev–Trinajstić information content (AvgIpc) is 3.01. The number of nitrogens with zero attached hydrogens (tertiary/aromatic N) is 1. The molecule has 3 fully saturated rings. The van der Waals surface area contributed by atoms with Gasteiger partial charge in [-0.3, -0.25) is 9.69 Å². The first kappa shape index (κ1) is 26.0. The maximum atomic E-state index is 12.3. The standard InChI is InChI=1S/C31H48ClNO2/c1-20-15-28-29(33(19-20)14-13-32)23(4)31(35-28)12-9-24-7-6-8-25-17-26(34)10-11-30(25,5)22(3)16-27(24)21(2)18-31/h17,20,22-24,28-29H,6-16,18-19H2,1-5H3/t20-,22+,23+,24+,28+,29-,30+,31-/m0/s1. The maximum absolute atomic E-state index is 12.3. The zero-order valence-corrected chi connectivity index (χ0v) is 23.6. The quantitative estimate of drug-likeness (QED) is 0.293. The van der Waals surface area contributed by atoms with E-state index in [-0.39, 0.29) is 11.0 Å². The molecule has 3 aliphatic carbocycles. The van der Waals surface area contributed by atoms with Gasteiger partial charge in [-0.05, 0) is 94.0 Å². The number of ether oxygens (including phenoxy) is 1. The molecule has 196 valence electrons. The van der Waals surface area contributed by atoms with Crippen molar-refractivity contribution < 1.29 is 9.53 Å². The molecule has 0 aromatic heterocycles. The van der Waals surface area contributed by atoms with Gasteiger partial charge in [-0.25, -0.2) is 0 Å². The second-order valence-corrected chi connectivity index (χ2v) is 13.7. The van der Waals surface area contributed by atoms with Crippen molar-refractivity contribution in [1.29, 1.82) is 0 Å². The van der Waals surface area contributed by atoms with Crippen LogP contribution >= 0.6 is 11.6 Å². The normalized spacial score (nSPS) is 45.1. The summed E-state index contributed by atoms with van der Waals surface area (Å²) in [5, 5.41) is 0. The fraction of sp³-hybridized carbons (Fsp3) is 0.839. The summed E-state index contributed by atoms with van der Waals surface area (Å²) in [6.45, 7) is 14.3. The highest BCUT2D eigenvalue weighted by Crippen LogP contribution is 2.55. The zero-order valence-electron chi connectivity index (χ0n) is 22.9. The van der Waals surface area contributed by atoms with Crippen molar-refractivity contribution in [2.75, 3.05) is 19.0 Å². The van der Waals surface area contributed by atoms with Crippen molar-refractivity contribution in [3.8, 4) is 0 Å². The molecule has 0 bridgehead atoms. The van der Waals surface area contributed by atoms with Gasteiger partial charge in [0.15, 0.2) is 5.78 Å². The lowest BCUT2D eigenvalue weighted by molar-refractivity contribution is -0.116. The number of likely N-dealkylation sites (tertiary alicyclic amines) is 1. The van der Waals surface area contributed by atoms with Gasteiger partial charge in [-0.1, -0.05) is 44.4 Å². The molecule has 2 aliphatic heterocycles. The summed E-state index contributed by atoms with van der Waals surface area (Å²) in [6, 6.07) is 0.516. The van der Waals surface area contributed by atoms with E-state index in [4.69, 9.17) is 16.3 Å². The molecule has 2 heterocycles. The first-order valence-corrected chi connectivity index (χ1v) is 15.1. The summed E-state index contributed by atoms with van der Waals surface area (Å²) < 4.78 is 7.18. The Balaban J connectivity index is 1.44. The summed E-state index contributed by atoms with van der Waals surface area (Å²) in [5.41, 5.74) is 4.95. The Morgan fingerprint density at radius 2 is 1.97 bits per heavy atom. The second-order valence-electron chi connectivity index (χ2n) is 13.3. The molecule has 0 unspecified atom stereocenters. The van der Waals surface area contributed by atoms with Crippen LogP contribution in [0.4, 0.5) is 0 Å². The van der Waals surface area contributed by atoms with Gasteiger partial charge in [-0.2, -0.15) is 0 Å². The second kappa shape index (κ2) is 9.91. The molecule has 35 heavy (non-hydrogen) atoms. The Kier molecular flexibility index (Phi) is 7.36. The monoisotopic (exact) mass is 501 g/mol. The SMILES string of the molecule is CC1=C2C[C@@H](C)[C@@]3(C)CCC(=O)C=C3CCC[C@@H]2CC[C@@]2(C1)O[C@@H]1C[C@H](C)CN(CCCl)[C@H]1[C@H]2C. The largest absolute Gasteiger partial charge is 0.369 e. The van der Waals surface area contributed by atoms with Crippen LogP contribution in [-0.4, -0.2) is 47.4 Å². The molecule has 0 N–H and O–H groups in total. The third kappa shape index (κ3) is 4.61. The number of carbonyl (C=O) groups excluding carboxylic acids is 1. The number of piperidine rings is 1. The van der Waals surface area contributed by atoms with E-state index in [1.54, 1.807) is 11.1 Å². The Labute approximate surface area is 219 Å². The van der Waals surface area contributed by atoms with Crippen LogP contribution in [0.25, 0.3) is 0 Å². The highest BCUT2D eigenvalue weighted by atomic mass is 35.5. The van der Waals surface area contributed by atoms with E-state index >= 15 is 0 Å². The summed E-state index contributed by atoms with van der Waals surface area (Å²) in [5.74, 6) is 3.53. The van der Waals surface area contributed by atoms with Crippen LogP contribution in [0.5, 0.6) is 0 Å². The van der Waals surface area contributed by atoms with Crippen molar-refractivity contribution in [1.82, 2.24) is 4.90 Å². The topological polar surface area (TPSA) is 29.5 Å². The van der Waals surface area contributed by atoms with Crippen molar-refractivity contribution in [2.45, 2.75) is 117 Å². The lowest BCUT2D eigenvalue weighted by Gasteiger charge is -2.41. The fourth-order valence-electron chi connectivity index (χ4n) is 8.92. The van der Waals surface area contributed by atoms with Gasteiger partial charge in [0.25, 0.3) is 0 Å². The number of rotatable bonds is 2. The summed E-state index contributed by atoms with van der Waals surface area (Å²) in [6.07, 6.45) is 13.6. The van der Waals surface area contributed by atoms with Crippen LogP contribution in [0.15, 0.2) is 22.8 Å². The van der Waals surface area contributed by atoms with Crippen molar-refractivity contribution in [2.24, 2.45) is 29.1 Å². The minimum atomic E-state index is -0.0202. The van der Waals surface area contributed by atoms with Gasteiger partial charge < -0.3 is 4.74 Å². The van der Waals surface area contributed by atoms with E-state index < -0.39 is 0 Å². The lowest BCUT2D eigenvalue weighted by atomic mass is 9.63. The third-order valence-electron chi connectivity index (χ3n) is 11.2. The van der Waals surface area contributed by atoms with Crippen molar-refractivity contribution in [3.05, 3.63) is 22.8 Å². The Bertz CT molecular complexity index is 894. The predicted octanol–water partition coefficient (Wildman–Crippen LogP) is 7.33. The van der Waals surface area contributed by atoms with Crippen LogP contribution in [0.3, 0.4) is 0 Å². The number of ketones is 1. The highest BCUT2D eigenvalue weighted by Gasteiger charge is 2.56. The molecule has 1 spiro atoms. The van der Waals surface area contributed by atoms with E-state index in [0.29, 0.717) is 47.5 Å². The molecule has 0 radical (unpaired) electrons. The number of alkyl halides is 1. The molecule has 0 aromatic rings. The molecular formula is C31H48ClNO2. The summed E-state index contributed by atoms with van der Waals surface area (Å²) in [4.78, 5) is 14.9. The van der Waals surface area contributed by atoms with Gasteiger partial charge in [0.1, 0.15) is 0 Å². The van der Waals surface area contributed by atoms with Crippen molar-refractivity contribution >= 4 is 17.4 Å². The predicted molar refractivity (Wildman–Crippen MR) is 145 cm³/mol. The summed E-state index contributed by atoms with van der Waals surface area (Å²) >= 11 is 6.24. The van der Waals surface area contributed by atoms with E-state index in [0.717, 1.165) is 38.8 Å². The van der Waals surface area contributed by atoms with Crippen LogP contribution < -0.4 is 0 Å². The first-order chi connectivity index (χ1) is 16.7. The van der Waals surface area contributed by atoms with Gasteiger partial charge in [0, 0.05) is 37.4 Å².